The third kappa shape index (κ3) is 3.70. The van der Waals surface area contributed by atoms with E-state index in [1.807, 2.05) is 11.0 Å². The lowest BCUT2D eigenvalue weighted by molar-refractivity contribution is -0.129. The fourth-order valence-electron chi connectivity index (χ4n) is 6.18. The number of aryl methyl sites for hydroxylation is 2. The van der Waals surface area contributed by atoms with Gasteiger partial charge < -0.3 is 9.80 Å². The van der Waals surface area contributed by atoms with Crippen molar-refractivity contribution >= 4 is 17.4 Å². The molecule has 8 heteroatoms. The van der Waals surface area contributed by atoms with Gasteiger partial charge in [0, 0.05) is 68.1 Å². The number of hydrogen-bond donors (Lipinski definition) is 0. The first-order valence-corrected chi connectivity index (χ1v) is 12.7. The standard InChI is InChI=1S/C26H33F2N5O/c1-16-12-18-4-3-9-32(24(18)13-21(16)25(27)28)26-22-15-30(17(2)34)11-8-23(22)33(29-26)20-7-10-31(14-20)19-5-6-19/h12-13,19-20,25H,3-11,14-15H2,1-2H3. The quantitative estimate of drug-likeness (QED) is 0.660. The monoisotopic (exact) mass is 469 g/mol. The predicted octanol–water partition coefficient (Wildman–Crippen LogP) is 4.53. The zero-order valence-electron chi connectivity index (χ0n) is 20.1. The van der Waals surface area contributed by atoms with Crippen LogP contribution in [0.5, 0.6) is 0 Å². The molecule has 0 bridgehead atoms. The highest BCUT2D eigenvalue weighted by molar-refractivity contribution is 5.75. The van der Waals surface area contributed by atoms with E-state index in [1.165, 1.54) is 18.5 Å². The van der Waals surface area contributed by atoms with Crippen LogP contribution in [0.2, 0.25) is 0 Å². The molecule has 1 aliphatic carbocycles. The van der Waals surface area contributed by atoms with Crippen molar-refractivity contribution in [3.05, 3.63) is 40.1 Å². The number of anilines is 2. The number of nitrogens with zero attached hydrogens (tertiary/aromatic N) is 5. The average Bonchev–Trinajstić information content (AvgIpc) is 3.43. The van der Waals surface area contributed by atoms with E-state index in [2.05, 4.69) is 14.5 Å². The van der Waals surface area contributed by atoms with E-state index in [4.69, 9.17) is 5.10 Å². The number of halogens is 2. The zero-order chi connectivity index (χ0) is 23.6. The Kier molecular flexibility index (Phi) is 5.39. The number of benzene rings is 1. The summed E-state index contributed by atoms with van der Waals surface area (Å²) in [7, 11) is 0. The van der Waals surface area contributed by atoms with Gasteiger partial charge in [-0.25, -0.2) is 8.78 Å². The van der Waals surface area contributed by atoms with Gasteiger partial charge in [-0.1, -0.05) is 6.07 Å². The summed E-state index contributed by atoms with van der Waals surface area (Å²) in [5.41, 5.74) is 5.03. The molecule has 34 heavy (non-hydrogen) atoms. The Balaban J connectivity index is 1.43. The molecule has 1 amide bonds. The number of amides is 1. The molecule has 1 saturated heterocycles. The summed E-state index contributed by atoms with van der Waals surface area (Å²) in [6.45, 7) is 7.53. The molecule has 182 valence electrons. The highest BCUT2D eigenvalue weighted by atomic mass is 19.3. The Morgan fingerprint density at radius 2 is 1.91 bits per heavy atom. The molecule has 6 rings (SSSR count). The lowest BCUT2D eigenvalue weighted by atomic mass is 9.95. The first-order valence-electron chi connectivity index (χ1n) is 12.7. The number of fused-ring (bicyclic) bond motifs is 2. The van der Waals surface area contributed by atoms with Gasteiger partial charge in [-0.2, -0.15) is 5.10 Å². The van der Waals surface area contributed by atoms with E-state index in [-0.39, 0.29) is 11.5 Å². The van der Waals surface area contributed by atoms with Gasteiger partial charge in [0.25, 0.3) is 6.43 Å². The summed E-state index contributed by atoms with van der Waals surface area (Å²) < 4.78 is 29.8. The van der Waals surface area contributed by atoms with Crippen LogP contribution in [0.3, 0.4) is 0 Å². The molecule has 6 nitrogen and oxygen atoms in total. The van der Waals surface area contributed by atoms with Gasteiger partial charge in [0.1, 0.15) is 0 Å². The number of rotatable bonds is 4. The Labute approximate surface area is 199 Å². The third-order valence-corrected chi connectivity index (χ3v) is 8.19. The molecule has 4 heterocycles. The molecule has 4 aliphatic rings. The summed E-state index contributed by atoms with van der Waals surface area (Å²) in [6.07, 6.45) is 3.83. The lowest BCUT2D eigenvalue weighted by Crippen LogP contribution is -2.36. The predicted molar refractivity (Wildman–Crippen MR) is 127 cm³/mol. The first kappa shape index (κ1) is 22.0. The van der Waals surface area contributed by atoms with Crippen molar-refractivity contribution in [1.82, 2.24) is 19.6 Å². The van der Waals surface area contributed by atoms with Crippen molar-refractivity contribution in [3.63, 3.8) is 0 Å². The van der Waals surface area contributed by atoms with Crippen molar-refractivity contribution in [2.45, 2.75) is 77.4 Å². The van der Waals surface area contributed by atoms with Gasteiger partial charge in [-0.3, -0.25) is 14.4 Å². The highest BCUT2D eigenvalue weighted by Crippen LogP contribution is 2.42. The van der Waals surface area contributed by atoms with Crippen LogP contribution in [0.15, 0.2) is 12.1 Å². The maximum absolute atomic E-state index is 13.8. The summed E-state index contributed by atoms with van der Waals surface area (Å²) in [6, 6.07) is 4.69. The highest BCUT2D eigenvalue weighted by Gasteiger charge is 2.38. The number of alkyl halides is 2. The molecular weight excluding hydrogens is 436 g/mol. The summed E-state index contributed by atoms with van der Waals surface area (Å²) in [4.78, 5) is 18.9. The summed E-state index contributed by atoms with van der Waals surface area (Å²) in [5, 5.41) is 5.19. The van der Waals surface area contributed by atoms with Crippen LogP contribution in [-0.2, 0) is 24.2 Å². The van der Waals surface area contributed by atoms with Crippen molar-refractivity contribution in [2.75, 3.05) is 31.1 Å². The second-order valence-electron chi connectivity index (χ2n) is 10.4. The van der Waals surface area contributed by atoms with Gasteiger partial charge in [-0.05, 0) is 56.2 Å². The molecule has 1 saturated carbocycles. The normalized spacial score (nSPS) is 22.9. The van der Waals surface area contributed by atoms with Crippen molar-refractivity contribution in [1.29, 1.82) is 0 Å². The molecule has 0 radical (unpaired) electrons. The number of carbonyl (C=O) groups is 1. The number of aromatic nitrogens is 2. The Morgan fingerprint density at radius 1 is 1.09 bits per heavy atom. The van der Waals surface area contributed by atoms with Crippen molar-refractivity contribution in [3.8, 4) is 0 Å². The van der Waals surface area contributed by atoms with Crippen molar-refractivity contribution < 1.29 is 13.6 Å². The van der Waals surface area contributed by atoms with Gasteiger partial charge in [0.15, 0.2) is 5.82 Å². The lowest BCUT2D eigenvalue weighted by Gasteiger charge is -2.33. The largest absolute Gasteiger partial charge is 0.338 e. The maximum Gasteiger partial charge on any atom is 0.264 e. The van der Waals surface area contributed by atoms with Crippen LogP contribution in [0.25, 0.3) is 0 Å². The molecule has 2 fully saturated rings. The minimum atomic E-state index is -2.50. The minimum Gasteiger partial charge on any atom is -0.338 e. The van der Waals surface area contributed by atoms with Gasteiger partial charge in [0.2, 0.25) is 5.91 Å². The first-order chi connectivity index (χ1) is 16.4. The molecule has 1 unspecified atom stereocenters. The van der Waals surface area contributed by atoms with Gasteiger partial charge in [0.05, 0.1) is 12.6 Å². The molecule has 0 N–H and O–H groups in total. The molecule has 3 aliphatic heterocycles. The van der Waals surface area contributed by atoms with E-state index in [0.717, 1.165) is 74.0 Å². The van der Waals surface area contributed by atoms with E-state index in [0.29, 0.717) is 24.7 Å². The fourth-order valence-corrected chi connectivity index (χ4v) is 6.18. The fraction of sp³-hybridized carbons (Fsp3) is 0.615. The summed E-state index contributed by atoms with van der Waals surface area (Å²) >= 11 is 0. The zero-order valence-corrected chi connectivity index (χ0v) is 20.1. The minimum absolute atomic E-state index is 0.0692. The molecular formula is C26H33F2N5O. The number of carbonyl (C=O) groups excluding carboxylic acids is 1. The van der Waals surface area contributed by atoms with Crippen molar-refractivity contribution in [2.24, 2.45) is 0 Å². The van der Waals surface area contributed by atoms with Gasteiger partial charge >= 0.3 is 0 Å². The van der Waals surface area contributed by atoms with Crippen LogP contribution in [0.1, 0.15) is 73.0 Å². The van der Waals surface area contributed by atoms with E-state index >= 15 is 0 Å². The third-order valence-electron chi connectivity index (χ3n) is 8.19. The average molecular weight is 470 g/mol. The summed E-state index contributed by atoms with van der Waals surface area (Å²) in [5.74, 6) is 0.927. The van der Waals surface area contributed by atoms with Crippen LogP contribution in [0.4, 0.5) is 20.3 Å². The van der Waals surface area contributed by atoms with Crippen LogP contribution >= 0.6 is 0 Å². The van der Waals surface area contributed by atoms with Crippen LogP contribution in [0, 0.1) is 6.92 Å². The Bertz CT molecular complexity index is 1120. The second-order valence-corrected chi connectivity index (χ2v) is 10.4. The van der Waals surface area contributed by atoms with E-state index < -0.39 is 6.43 Å². The molecule has 2 aromatic rings. The molecule has 1 atom stereocenters. The second kappa shape index (κ2) is 8.33. The maximum atomic E-state index is 13.8. The van der Waals surface area contributed by atoms with Crippen LogP contribution in [-0.4, -0.2) is 57.7 Å². The van der Waals surface area contributed by atoms with Gasteiger partial charge in [-0.15, -0.1) is 0 Å². The van der Waals surface area contributed by atoms with Crippen LogP contribution < -0.4 is 4.90 Å². The number of hydrogen-bond acceptors (Lipinski definition) is 4. The topological polar surface area (TPSA) is 44.6 Å². The van der Waals surface area contributed by atoms with E-state index in [9.17, 15) is 13.6 Å². The Morgan fingerprint density at radius 3 is 2.65 bits per heavy atom. The number of likely N-dealkylation sites (tertiary alicyclic amines) is 1. The smallest absolute Gasteiger partial charge is 0.264 e. The molecule has 1 aromatic carbocycles. The Hall–Kier alpha value is -2.48. The molecule has 0 spiro atoms. The SMILES string of the molecule is CC(=O)N1CCc2c(c(N3CCCc4cc(C)c(C(F)F)cc43)nn2C2CCN(C3CC3)C2)C1. The molecule has 1 aromatic heterocycles. The van der Waals surface area contributed by atoms with E-state index in [1.54, 1.807) is 19.9 Å².